The molecule has 0 aliphatic rings. The lowest BCUT2D eigenvalue weighted by Gasteiger charge is -2.15. The number of carboxylic acid groups (broad SMARTS) is 1. The molecule has 0 bridgehead atoms. The minimum absolute atomic E-state index is 0.0781. The molecule has 4 aromatic rings. The van der Waals surface area contributed by atoms with E-state index in [1.54, 1.807) is 42.6 Å². The highest BCUT2D eigenvalue weighted by molar-refractivity contribution is 6.39. The predicted molar refractivity (Wildman–Crippen MR) is 141 cm³/mol. The van der Waals surface area contributed by atoms with Crippen LogP contribution in [0.1, 0.15) is 33.3 Å². The van der Waals surface area contributed by atoms with E-state index in [-0.39, 0.29) is 12.5 Å². The van der Waals surface area contributed by atoms with Crippen molar-refractivity contribution in [3.63, 3.8) is 0 Å². The SMILES string of the molecule is CCOCOC(=O)c1ccccc1Nc1c(Cl)ccc(C)c1Cl.Cn1ccc2cnc(C(=O)O)cc21. The lowest BCUT2D eigenvalue weighted by atomic mass is 10.1. The predicted octanol–water partition coefficient (Wildman–Crippen LogP) is 6.47. The van der Waals surface area contributed by atoms with Crippen LogP contribution in [-0.4, -0.2) is 40.0 Å². The molecule has 0 saturated heterocycles. The van der Waals surface area contributed by atoms with E-state index in [1.807, 2.05) is 43.8 Å². The van der Waals surface area contributed by atoms with Crippen LogP contribution >= 0.6 is 23.2 Å². The minimum Gasteiger partial charge on any atom is -0.477 e. The fourth-order valence-corrected chi connectivity index (χ4v) is 3.68. The number of nitrogens with zero attached hydrogens (tertiary/aromatic N) is 2. The minimum atomic E-state index is -0.997. The second kappa shape index (κ2) is 12.4. The lowest BCUT2D eigenvalue weighted by molar-refractivity contribution is -0.0273. The van der Waals surface area contributed by atoms with E-state index >= 15 is 0 Å². The van der Waals surface area contributed by atoms with E-state index in [2.05, 4.69) is 10.3 Å². The number of carbonyl (C=O) groups excluding carboxylic acids is 1. The van der Waals surface area contributed by atoms with E-state index in [1.165, 1.54) is 0 Å². The molecule has 0 aliphatic heterocycles. The summed E-state index contributed by atoms with van der Waals surface area (Å²) >= 11 is 12.5. The Labute approximate surface area is 218 Å². The molecule has 10 heteroatoms. The van der Waals surface area contributed by atoms with E-state index in [9.17, 15) is 9.59 Å². The van der Waals surface area contributed by atoms with Crippen molar-refractivity contribution in [2.75, 3.05) is 18.7 Å². The molecule has 2 aromatic carbocycles. The van der Waals surface area contributed by atoms with Gasteiger partial charge in [-0.3, -0.25) is 0 Å². The van der Waals surface area contributed by atoms with E-state index < -0.39 is 11.9 Å². The van der Waals surface area contributed by atoms with Gasteiger partial charge in [-0.2, -0.15) is 0 Å². The molecule has 0 spiro atoms. The monoisotopic (exact) mass is 529 g/mol. The Balaban J connectivity index is 0.000000233. The van der Waals surface area contributed by atoms with Crippen molar-refractivity contribution >= 4 is 57.4 Å². The molecule has 2 N–H and O–H groups in total. The van der Waals surface area contributed by atoms with Gasteiger partial charge in [0.1, 0.15) is 5.69 Å². The van der Waals surface area contributed by atoms with E-state index in [4.69, 9.17) is 37.8 Å². The van der Waals surface area contributed by atoms with Crippen molar-refractivity contribution in [1.82, 2.24) is 9.55 Å². The van der Waals surface area contributed by atoms with E-state index in [0.717, 1.165) is 16.5 Å². The van der Waals surface area contributed by atoms with Crippen molar-refractivity contribution in [2.24, 2.45) is 7.05 Å². The normalized spacial score (nSPS) is 10.5. The smallest absolute Gasteiger partial charge is 0.354 e. The Morgan fingerprint density at radius 3 is 2.61 bits per heavy atom. The van der Waals surface area contributed by atoms with Crippen molar-refractivity contribution in [3.05, 3.63) is 87.8 Å². The van der Waals surface area contributed by atoms with Gasteiger partial charge >= 0.3 is 11.9 Å². The number of hydrogen-bond acceptors (Lipinski definition) is 6. The van der Waals surface area contributed by atoms with Crippen LogP contribution in [0.4, 0.5) is 11.4 Å². The number of hydrogen-bond donors (Lipinski definition) is 2. The number of anilines is 2. The van der Waals surface area contributed by atoms with Crippen LogP contribution < -0.4 is 5.32 Å². The van der Waals surface area contributed by atoms with Gasteiger partial charge in [-0.15, -0.1) is 0 Å². The van der Waals surface area contributed by atoms with Crippen molar-refractivity contribution < 1.29 is 24.2 Å². The molecule has 0 unspecified atom stereocenters. The number of carbonyl (C=O) groups is 2. The molecule has 36 heavy (non-hydrogen) atoms. The van der Waals surface area contributed by atoms with Gasteiger partial charge in [-0.25, -0.2) is 14.6 Å². The molecular weight excluding hydrogens is 505 g/mol. The van der Waals surface area contributed by atoms with E-state index in [0.29, 0.717) is 33.6 Å². The zero-order valence-electron chi connectivity index (χ0n) is 19.9. The van der Waals surface area contributed by atoms with Gasteiger partial charge in [-0.1, -0.05) is 41.4 Å². The maximum absolute atomic E-state index is 12.2. The molecule has 0 atom stereocenters. The molecule has 8 nitrogen and oxygen atoms in total. The largest absolute Gasteiger partial charge is 0.477 e. The quantitative estimate of drug-likeness (QED) is 0.160. The number of ether oxygens (including phenoxy) is 2. The average Bonchev–Trinajstić information content (AvgIpc) is 3.25. The molecule has 0 radical (unpaired) electrons. The molecule has 0 fully saturated rings. The number of pyridine rings is 1. The second-order valence-corrected chi connectivity index (χ2v) is 8.41. The Kier molecular flexibility index (Phi) is 9.30. The lowest BCUT2D eigenvalue weighted by Crippen LogP contribution is -2.11. The van der Waals surface area contributed by atoms with Crippen LogP contribution in [0, 0.1) is 6.92 Å². The maximum atomic E-state index is 12.2. The van der Waals surface area contributed by atoms with Gasteiger partial charge in [0.25, 0.3) is 0 Å². The number of nitrogens with one attached hydrogen (secondary N) is 1. The fraction of sp³-hybridized carbons (Fsp3) is 0.192. The third-order valence-electron chi connectivity index (χ3n) is 5.16. The molecule has 2 aromatic heterocycles. The summed E-state index contributed by atoms with van der Waals surface area (Å²) in [5, 5.41) is 13.7. The summed E-state index contributed by atoms with van der Waals surface area (Å²) in [4.78, 5) is 26.6. The number of esters is 1. The third kappa shape index (κ3) is 6.54. The first kappa shape index (κ1) is 27.0. The molecule has 2 heterocycles. The number of aromatic carboxylic acids is 1. The zero-order chi connectivity index (χ0) is 26.2. The van der Waals surface area contributed by atoms with Gasteiger partial charge in [0.2, 0.25) is 0 Å². The number of halogens is 2. The highest BCUT2D eigenvalue weighted by Gasteiger charge is 2.15. The first-order valence-electron chi connectivity index (χ1n) is 10.9. The first-order valence-corrected chi connectivity index (χ1v) is 11.7. The summed E-state index contributed by atoms with van der Waals surface area (Å²) < 4.78 is 12.0. The van der Waals surface area contributed by atoms with Gasteiger partial charge in [0.15, 0.2) is 6.79 Å². The zero-order valence-corrected chi connectivity index (χ0v) is 21.4. The van der Waals surface area contributed by atoms with Crippen LogP contribution in [0.3, 0.4) is 0 Å². The highest BCUT2D eigenvalue weighted by Crippen LogP contribution is 2.36. The molecule has 0 saturated carbocycles. The van der Waals surface area contributed by atoms with Crippen LogP contribution in [0.2, 0.25) is 10.0 Å². The molecule has 4 rings (SSSR count). The average molecular weight is 530 g/mol. The number of benzene rings is 2. The Morgan fingerprint density at radius 2 is 1.89 bits per heavy atom. The Morgan fingerprint density at radius 1 is 1.14 bits per heavy atom. The topological polar surface area (TPSA) is 103 Å². The van der Waals surface area contributed by atoms with Gasteiger partial charge in [0.05, 0.1) is 32.5 Å². The summed E-state index contributed by atoms with van der Waals surface area (Å²) in [7, 11) is 1.87. The highest BCUT2D eigenvalue weighted by atomic mass is 35.5. The van der Waals surface area contributed by atoms with Crippen LogP contribution in [0.25, 0.3) is 10.9 Å². The van der Waals surface area contributed by atoms with Crippen molar-refractivity contribution in [2.45, 2.75) is 13.8 Å². The standard InChI is InChI=1S/C17H17Cl2NO3.C9H8N2O2/c1-3-22-10-23-17(21)12-6-4-5-7-14(12)20-16-13(18)9-8-11(2)15(16)19;1-11-3-2-6-5-10-7(9(12)13)4-8(6)11/h4-9,20H,3,10H2,1-2H3;2-5H,1H3,(H,12,13). The summed E-state index contributed by atoms with van der Waals surface area (Å²) in [5.41, 5.74) is 3.33. The summed E-state index contributed by atoms with van der Waals surface area (Å²) in [6.07, 6.45) is 3.44. The van der Waals surface area contributed by atoms with Gasteiger partial charge in [-0.05, 0) is 49.7 Å². The summed E-state index contributed by atoms with van der Waals surface area (Å²) in [6.45, 7) is 4.09. The van der Waals surface area contributed by atoms with Crippen LogP contribution in [0.5, 0.6) is 0 Å². The number of aromatic nitrogens is 2. The van der Waals surface area contributed by atoms with Crippen LogP contribution in [-0.2, 0) is 16.5 Å². The fourth-order valence-electron chi connectivity index (χ4n) is 3.21. The summed E-state index contributed by atoms with van der Waals surface area (Å²) in [6, 6.07) is 14.0. The van der Waals surface area contributed by atoms with Crippen molar-refractivity contribution in [1.29, 1.82) is 0 Å². The molecule has 0 aliphatic carbocycles. The Bertz CT molecular complexity index is 1390. The molecular formula is C26H25Cl2N3O5. The number of rotatable bonds is 7. The number of fused-ring (bicyclic) bond motifs is 1. The van der Waals surface area contributed by atoms with Gasteiger partial charge in [0, 0.05) is 31.4 Å². The number of aryl methyl sites for hydroxylation is 2. The molecule has 0 amide bonds. The Hall–Kier alpha value is -3.59. The molecule has 188 valence electrons. The van der Waals surface area contributed by atoms with Crippen molar-refractivity contribution in [3.8, 4) is 0 Å². The maximum Gasteiger partial charge on any atom is 0.354 e. The van der Waals surface area contributed by atoms with Crippen LogP contribution in [0.15, 0.2) is 60.9 Å². The number of para-hydroxylation sites is 1. The van der Waals surface area contributed by atoms with Gasteiger partial charge < -0.3 is 24.5 Å². The summed E-state index contributed by atoms with van der Waals surface area (Å²) in [5.74, 6) is -1.48. The number of carboxylic acids is 1. The first-order chi connectivity index (χ1) is 17.2. The second-order valence-electron chi connectivity index (χ2n) is 7.63. The third-order valence-corrected chi connectivity index (χ3v) is 5.96.